The molecule has 0 aromatic carbocycles. The minimum Gasteiger partial charge on any atom is -0.462 e. The van der Waals surface area contributed by atoms with Gasteiger partial charge in [0.05, 0.1) is 12.7 Å². The highest BCUT2D eigenvalue weighted by molar-refractivity contribution is 5.87. The van der Waals surface area contributed by atoms with Gasteiger partial charge in [0.15, 0.2) is 24.6 Å². The number of hydrogen-bond acceptors (Lipinski definition) is 12. The molecule has 0 N–H and O–H groups in total. The number of ether oxygens (including phenoxy) is 7. The fourth-order valence-electron chi connectivity index (χ4n) is 8.14. The average molecular weight is 705 g/mol. The average Bonchev–Trinajstić information content (AvgIpc) is 2.99. The van der Waals surface area contributed by atoms with Crippen LogP contribution in [-0.4, -0.2) is 79.9 Å². The minimum atomic E-state index is -1.29. The molecule has 0 spiro atoms. The third-order valence-corrected chi connectivity index (χ3v) is 10.6. The molecule has 0 radical (unpaired) electrons. The molecule has 12 heteroatoms. The van der Waals surface area contributed by atoms with Crippen molar-refractivity contribution < 1.29 is 57.1 Å². The Bertz CT molecular complexity index is 1380. The van der Waals surface area contributed by atoms with Gasteiger partial charge in [0.25, 0.3) is 0 Å². The van der Waals surface area contributed by atoms with E-state index in [2.05, 4.69) is 33.8 Å². The van der Waals surface area contributed by atoms with E-state index < -0.39 is 66.1 Å². The SMILES string of the molecule is C/C=C(/C)C(=O)O[C@@H]1[C@@H](O[C@H]2OC[C@H](OC(C)=O)[C@@H](OC(C)=O)[C@@H]2OC(C)=O)C[C@@]2(C)[C@H](CC/C(C)=C/COC(C)=O)C(C)=CC[C@@H]2C1(C)C. The van der Waals surface area contributed by atoms with Crippen LogP contribution in [0.25, 0.3) is 0 Å². The molecule has 280 valence electrons. The molecule has 1 aliphatic heterocycles. The van der Waals surface area contributed by atoms with Gasteiger partial charge in [0.2, 0.25) is 0 Å². The Hall–Kier alpha value is -3.51. The van der Waals surface area contributed by atoms with Gasteiger partial charge in [-0.3, -0.25) is 19.2 Å². The van der Waals surface area contributed by atoms with E-state index in [1.54, 1.807) is 19.9 Å². The van der Waals surface area contributed by atoms with E-state index in [0.717, 1.165) is 24.8 Å². The van der Waals surface area contributed by atoms with Gasteiger partial charge in [-0.15, -0.1) is 0 Å². The first-order valence-electron chi connectivity index (χ1n) is 17.4. The smallest absolute Gasteiger partial charge is 0.333 e. The molecule has 3 aliphatic rings. The van der Waals surface area contributed by atoms with Crippen molar-refractivity contribution in [1.29, 1.82) is 0 Å². The van der Waals surface area contributed by atoms with Crippen molar-refractivity contribution >= 4 is 29.8 Å². The first-order valence-corrected chi connectivity index (χ1v) is 17.4. The van der Waals surface area contributed by atoms with Gasteiger partial charge in [0.1, 0.15) is 12.7 Å². The van der Waals surface area contributed by atoms with E-state index in [4.69, 9.17) is 33.2 Å². The van der Waals surface area contributed by atoms with Gasteiger partial charge in [-0.1, -0.05) is 44.1 Å². The Balaban J connectivity index is 2.06. The number of carbonyl (C=O) groups is 5. The zero-order valence-corrected chi connectivity index (χ0v) is 31.5. The lowest BCUT2D eigenvalue weighted by atomic mass is 9.46. The maximum atomic E-state index is 13.4. The van der Waals surface area contributed by atoms with Crippen LogP contribution < -0.4 is 0 Å². The summed E-state index contributed by atoms with van der Waals surface area (Å²) in [6.45, 7) is 19.1. The number of fused-ring (bicyclic) bond motifs is 1. The van der Waals surface area contributed by atoms with Gasteiger partial charge in [-0.25, -0.2) is 4.79 Å². The predicted molar refractivity (Wildman–Crippen MR) is 182 cm³/mol. The molecule has 1 saturated carbocycles. The van der Waals surface area contributed by atoms with E-state index in [0.29, 0.717) is 12.0 Å². The lowest BCUT2D eigenvalue weighted by Crippen LogP contribution is -2.64. The number of esters is 5. The standard InChI is InChI=1S/C38H56O12/c1-12-22(3)35(43)50-34-29(49-36-33(48-27(8)42)32(47-26(7)41)30(20-45-36)46-25(6)40)19-38(11)28(15-13-21(2)17-18-44-24(5)39)23(4)14-16-31(38)37(34,9)10/h12,14,17,28-34,36H,13,15-16,18-20H2,1-11H3/b21-17+,22-12-/t28-,29+,30+,31-,32-,33+,34-,36-,38+/m1/s1. The van der Waals surface area contributed by atoms with Gasteiger partial charge in [0, 0.05) is 38.7 Å². The first kappa shape index (κ1) is 40.9. The van der Waals surface area contributed by atoms with Crippen molar-refractivity contribution in [3.63, 3.8) is 0 Å². The topological polar surface area (TPSA) is 150 Å². The van der Waals surface area contributed by atoms with Gasteiger partial charge in [-0.05, 0) is 76.7 Å². The number of rotatable bonds is 12. The lowest BCUT2D eigenvalue weighted by Gasteiger charge is -2.61. The number of carbonyl (C=O) groups excluding carboxylic acids is 5. The summed E-state index contributed by atoms with van der Waals surface area (Å²) < 4.78 is 40.9. The van der Waals surface area contributed by atoms with Crippen molar-refractivity contribution in [2.75, 3.05) is 13.2 Å². The van der Waals surface area contributed by atoms with E-state index in [9.17, 15) is 24.0 Å². The highest BCUT2D eigenvalue weighted by atomic mass is 16.7. The molecule has 0 unspecified atom stereocenters. The van der Waals surface area contributed by atoms with Crippen LogP contribution in [0, 0.1) is 22.7 Å². The van der Waals surface area contributed by atoms with Crippen LogP contribution in [0.1, 0.15) is 102 Å². The van der Waals surface area contributed by atoms with Gasteiger partial charge < -0.3 is 33.2 Å². The Morgan fingerprint density at radius 3 is 2.06 bits per heavy atom. The Labute approximate surface area is 296 Å². The lowest BCUT2D eigenvalue weighted by molar-refractivity contribution is -0.314. The molecule has 0 bridgehead atoms. The normalized spacial score (nSPS) is 32.5. The van der Waals surface area contributed by atoms with E-state index in [1.807, 2.05) is 13.0 Å². The van der Waals surface area contributed by atoms with Crippen molar-refractivity contribution in [3.8, 4) is 0 Å². The largest absolute Gasteiger partial charge is 0.462 e. The fraction of sp³-hybridized carbons (Fsp3) is 0.711. The number of allylic oxidation sites excluding steroid dienone is 4. The van der Waals surface area contributed by atoms with Crippen molar-refractivity contribution in [2.45, 2.75) is 139 Å². The molecule has 2 fully saturated rings. The monoisotopic (exact) mass is 704 g/mol. The molecule has 12 nitrogen and oxygen atoms in total. The highest BCUT2D eigenvalue weighted by Crippen LogP contribution is 2.62. The molecule has 1 saturated heterocycles. The third-order valence-electron chi connectivity index (χ3n) is 10.6. The summed E-state index contributed by atoms with van der Waals surface area (Å²) in [5.74, 6) is -2.54. The van der Waals surface area contributed by atoms with Crippen molar-refractivity contribution in [3.05, 3.63) is 34.9 Å². The summed E-state index contributed by atoms with van der Waals surface area (Å²) in [7, 11) is 0. The second kappa shape index (κ2) is 17.1. The molecule has 1 heterocycles. The molecule has 9 atom stereocenters. The molecule has 2 aliphatic carbocycles. The zero-order valence-electron chi connectivity index (χ0n) is 31.5. The van der Waals surface area contributed by atoms with Crippen LogP contribution in [0.3, 0.4) is 0 Å². The summed E-state index contributed by atoms with van der Waals surface area (Å²) in [4.78, 5) is 61.1. The zero-order chi connectivity index (χ0) is 37.6. The highest BCUT2D eigenvalue weighted by Gasteiger charge is 2.61. The van der Waals surface area contributed by atoms with Crippen LogP contribution in [0.4, 0.5) is 0 Å². The molecule has 3 rings (SSSR count). The summed E-state index contributed by atoms with van der Waals surface area (Å²) in [6, 6.07) is 0. The van der Waals surface area contributed by atoms with Crippen molar-refractivity contribution in [1.82, 2.24) is 0 Å². The third kappa shape index (κ3) is 9.84. The van der Waals surface area contributed by atoms with E-state index >= 15 is 0 Å². The van der Waals surface area contributed by atoms with E-state index in [-0.39, 0.29) is 36.4 Å². The number of hydrogen-bond donors (Lipinski definition) is 0. The predicted octanol–water partition coefficient (Wildman–Crippen LogP) is 5.71. The maximum Gasteiger partial charge on any atom is 0.333 e. The Kier molecular flexibility index (Phi) is 14.0. The Morgan fingerprint density at radius 1 is 0.860 bits per heavy atom. The fourth-order valence-corrected chi connectivity index (χ4v) is 8.14. The summed E-state index contributed by atoms with van der Waals surface area (Å²) in [6.07, 6.45) is 2.51. The van der Waals surface area contributed by atoms with Crippen LogP contribution in [0.5, 0.6) is 0 Å². The molecular weight excluding hydrogens is 648 g/mol. The quantitative estimate of drug-likeness (QED) is 0.106. The molecular formula is C38H56O12. The van der Waals surface area contributed by atoms with Crippen molar-refractivity contribution in [2.24, 2.45) is 22.7 Å². The molecule has 0 amide bonds. The second-order valence-electron chi connectivity index (χ2n) is 14.7. The van der Waals surface area contributed by atoms with Crippen LogP contribution in [-0.2, 0) is 57.1 Å². The molecule has 0 aromatic heterocycles. The van der Waals surface area contributed by atoms with Gasteiger partial charge >= 0.3 is 29.8 Å². The molecule has 0 aromatic rings. The van der Waals surface area contributed by atoms with Gasteiger partial charge in [-0.2, -0.15) is 0 Å². The van der Waals surface area contributed by atoms with Crippen LogP contribution >= 0.6 is 0 Å². The second-order valence-corrected chi connectivity index (χ2v) is 14.7. The maximum absolute atomic E-state index is 13.4. The molecule has 50 heavy (non-hydrogen) atoms. The first-order chi connectivity index (χ1) is 23.3. The summed E-state index contributed by atoms with van der Waals surface area (Å²) >= 11 is 0. The minimum absolute atomic E-state index is 0.0938. The van der Waals surface area contributed by atoms with Crippen LogP contribution in [0.15, 0.2) is 34.9 Å². The summed E-state index contributed by atoms with van der Waals surface area (Å²) in [5, 5.41) is 0. The van der Waals surface area contributed by atoms with Crippen LogP contribution in [0.2, 0.25) is 0 Å². The Morgan fingerprint density at radius 2 is 1.48 bits per heavy atom. The summed E-state index contributed by atoms with van der Waals surface area (Å²) in [5.41, 5.74) is 1.89. The van der Waals surface area contributed by atoms with E-state index in [1.165, 1.54) is 33.3 Å².